The van der Waals surface area contributed by atoms with E-state index in [0.29, 0.717) is 6.61 Å². The molecule has 2 rings (SSSR count). The Morgan fingerprint density at radius 2 is 2.35 bits per heavy atom. The number of carbonyl (C=O) groups excluding carboxylic acids is 1. The SMILES string of the molecule is CCOC(=O)[C@H]1Nc2ccc(O)cc2C[C@H]1C. The van der Waals surface area contributed by atoms with Gasteiger partial charge in [0.05, 0.1) is 6.61 Å². The Kier molecular flexibility index (Phi) is 3.22. The maximum atomic E-state index is 11.8. The zero-order chi connectivity index (χ0) is 12.4. The van der Waals surface area contributed by atoms with Crippen LogP contribution in [0.1, 0.15) is 19.4 Å². The van der Waals surface area contributed by atoms with Crippen LogP contribution in [0.3, 0.4) is 0 Å². The predicted octanol–water partition coefficient (Wildman–Crippen LogP) is 1.93. The molecule has 4 heteroatoms. The maximum Gasteiger partial charge on any atom is 0.328 e. The number of esters is 1. The van der Waals surface area contributed by atoms with Crippen molar-refractivity contribution in [2.45, 2.75) is 26.3 Å². The van der Waals surface area contributed by atoms with Gasteiger partial charge in [-0.3, -0.25) is 0 Å². The highest BCUT2D eigenvalue weighted by atomic mass is 16.5. The summed E-state index contributed by atoms with van der Waals surface area (Å²) in [6.45, 7) is 4.20. The largest absolute Gasteiger partial charge is 0.508 e. The van der Waals surface area contributed by atoms with Gasteiger partial charge < -0.3 is 15.2 Å². The number of fused-ring (bicyclic) bond motifs is 1. The molecule has 0 spiro atoms. The number of phenols is 1. The lowest BCUT2D eigenvalue weighted by atomic mass is 9.88. The molecular formula is C13H17NO3. The van der Waals surface area contributed by atoms with Crippen molar-refractivity contribution >= 4 is 11.7 Å². The second kappa shape index (κ2) is 4.65. The smallest absolute Gasteiger partial charge is 0.328 e. The molecule has 1 aromatic carbocycles. The summed E-state index contributed by atoms with van der Waals surface area (Å²) in [6, 6.07) is 4.85. The van der Waals surface area contributed by atoms with E-state index >= 15 is 0 Å². The van der Waals surface area contributed by atoms with E-state index in [-0.39, 0.29) is 23.7 Å². The minimum Gasteiger partial charge on any atom is -0.508 e. The third-order valence-electron chi connectivity index (χ3n) is 3.05. The van der Waals surface area contributed by atoms with E-state index in [2.05, 4.69) is 5.32 Å². The van der Waals surface area contributed by atoms with E-state index in [1.165, 1.54) is 0 Å². The lowest BCUT2D eigenvalue weighted by Gasteiger charge is -2.30. The van der Waals surface area contributed by atoms with E-state index in [4.69, 9.17) is 4.74 Å². The third-order valence-corrected chi connectivity index (χ3v) is 3.05. The summed E-state index contributed by atoms with van der Waals surface area (Å²) in [4.78, 5) is 11.8. The summed E-state index contributed by atoms with van der Waals surface area (Å²) in [5, 5.41) is 12.6. The van der Waals surface area contributed by atoms with E-state index in [1.54, 1.807) is 25.1 Å². The number of nitrogens with one attached hydrogen (secondary N) is 1. The Hall–Kier alpha value is -1.71. The van der Waals surface area contributed by atoms with Crippen LogP contribution in [0.25, 0.3) is 0 Å². The van der Waals surface area contributed by atoms with Crippen LogP contribution in [0, 0.1) is 5.92 Å². The average Bonchev–Trinajstić information content (AvgIpc) is 2.28. The number of ether oxygens (including phenoxy) is 1. The molecule has 4 nitrogen and oxygen atoms in total. The zero-order valence-electron chi connectivity index (χ0n) is 10.1. The highest BCUT2D eigenvalue weighted by Gasteiger charge is 2.31. The number of benzene rings is 1. The summed E-state index contributed by atoms with van der Waals surface area (Å²) < 4.78 is 5.04. The zero-order valence-corrected chi connectivity index (χ0v) is 10.1. The number of aromatic hydroxyl groups is 1. The molecule has 0 radical (unpaired) electrons. The molecule has 0 saturated carbocycles. The van der Waals surface area contributed by atoms with Crippen LogP contribution in [-0.2, 0) is 16.0 Å². The number of carbonyl (C=O) groups is 1. The summed E-state index contributed by atoms with van der Waals surface area (Å²) >= 11 is 0. The van der Waals surface area contributed by atoms with E-state index < -0.39 is 0 Å². The average molecular weight is 235 g/mol. The fraction of sp³-hybridized carbons (Fsp3) is 0.462. The monoisotopic (exact) mass is 235 g/mol. The molecule has 2 N–H and O–H groups in total. The van der Waals surface area contributed by atoms with Crippen molar-refractivity contribution in [1.29, 1.82) is 0 Å². The molecule has 0 saturated heterocycles. The van der Waals surface area contributed by atoms with Crippen molar-refractivity contribution in [1.82, 2.24) is 0 Å². The van der Waals surface area contributed by atoms with Crippen LogP contribution >= 0.6 is 0 Å². The Balaban J connectivity index is 2.21. The standard InChI is InChI=1S/C13H17NO3/c1-3-17-13(16)12-8(2)6-9-7-10(15)4-5-11(9)14-12/h4-5,7-8,12,14-15H,3,6H2,1-2H3/t8-,12+/m1/s1. The van der Waals surface area contributed by atoms with Gasteiger partial charge in [0.15, 0.2) is 0 Å². The molecule has 1 aliphatic heterocycles. The van der Waals surface area contributed by atoms with Gasteiger partial charge in [-0.05, 0) is 43.0 Å². The molecule has 0 amide bonds. The molecule has 0 fully saturated rings. The number of hydrogen-bond acceptors (Lipinski definition) is 4. The minimum absolute atomic E-state index is 0.156. The van der Waals surface area contributed by atoms with Crippen molar-refractivity contribution in [3.05, 3.63) is 23.8 Å². The van der Waals surface area contributed by atoms with Gasteiger partial charge in [-0.25, -0.2) is 4.79 Å². The number of anilines is 1. The van der Waals surface area contributed by atoms with Gasteiger partial charge in [0.2, 0.25) is 0 Å². The van der Waals surface area contributed by atoms with Gasteiger partial charge in [0.1, 0.15) is 11.8 Å². The lowest BCUT2D eigenvalue weighted by Crippen LogP contribution is -2.41. The second-order valence-electron chi connectivity index (χ2n) is 4.40. The summed E-state index contributed by atoms with van der Waals surface area (Å²) in [7, 11) is 0. The highest BCUT2D eigenvalue weighted by Crippen LogP contribution is 2.31. The Bertz CT molecular complexity index is 431. The van der Waals surface area contributed by atoms with Gasteiger partial charge in [-0.15, -0.1) is 0 Å². The summed E-state index contributed by atoms with van der Waals surface area (Å²) in [5.41, 5.74) is 1.94. The second-order valence-corrected chi connectivity index (χ2v) is 4.40. The van der Waals surface area contributed by atoms with E-state index in [0.717, 1.165) is 17.7 Å². The maximum absolute atomic E-state index is 11.8. The van der Waals surface area contributed by atoms with Crippen molar-refractivity contribution in [3.63, 3.8) is 0 Å². The lowest BCUT2D eigenvalue weighted by molar-refractivity contribution is -0.145. The molecule has 92 valence electrons. The predicted molar refractivity (Wildman–Crippen MR) is 65.0 cm³/mol. The van der Waals surface area contributed by atoms with Crippen LogP contribution in [-0.4, -0.2) is 23.7 Å². The fourth-order valence-corrected chi connectivity index (χ4v) is 2.19. The van der Waals surface area contributed by atoms with Crippen molar-refractivity contribution < 1.29 is 14.6 Å². The Morgan fingerprint density at radius 3 is 3.06 bits per heavy atom. The van der Waals surface area contributed by atoms with Gasteiger partial charge in [0, 0.05) is 5.69 Å². The molecular weight excluding hydrogens is 218 g/mol. The third kappa shape index (κ3) is 2.35. The number of rotatable bonds is 2. The molecule has 0 aromatic heterocycles. The first-order valence-electron chi connectivity index (χ1n) is 5.87. The molecule has 0 unspecified atom stereocenters. The molecule has 0 bridgehead atoms. The molecule has 1 aliphatic rings. The molecule has 1 heterocycles. The number of phenolic OH excluding ortho intramolecular Hbond substituents is 1. The first kappa shape index (κ1) is 11.8. The van der Waals surface area contributed by atoms with Gasteiger partial charge in [-0.2, -0.15) is 0 Å². The Morgan fingerprint density at radius 1 is 1.59 bits per heavy atom. The van der Waals surface area contributed by atoms with Gasteiger partial charge in [0.25, 0.3) is 0 Å². The normalized spacial score (nSPS) is 22.5. The topological polar surface area (TPSA) is 58.6 Å². The quantitative estimate of drug-likeness (QED) is 0.607. The van der Waals surface area contributed by atoms with Gasteiger partial charge >= 0.3 is 5.97 Å². The highest BCUT2D eigenvalue weighted by molar-refractivity contribution is 5.81. The van der Waals surface area contributed by atoms with E-state index in [1.807, 2.05) is 6.92 Å². The van der Waals surface area contributed by atoms with Crippen LogP contribution in [0.2, 0.25) is 0 Å². The van der Waals surface area contributed by atoms with Crippen molar-refractivity contribution in [2.24, 2.45) is 5.92 Å². The first-order chi connectivity index (χ1) is 8.11. The van der Waals surface area contributed by atoms with Crippen LogP contribution in [0.5, 0.6) is 5.75 Å². The number of hydrogen-bond donors (Lipinski definition) is 2. The fourth-order valence-electron chi connectivity index (χ4n) is 2.19. The van der Waals surface area contributed by atoms with Crippen LogP contribution < -0.4 is 5.32 Å². The molecule has 1 aromatic rings. The van der Waals surface area contributed by atoms with Gasteiger partial charge in [-0.1, -0.05) is 6.92 Å². The van der Waals surface area contributed by atoms with Crippen LogP contribution in [0.4, 0.5) is 5.69 Å². The van der Waals surface area contributed by atoms with E-state index in [9.17, 15) is 9.90 Å². The van der Waals surface area contributed by atoms with Crippen molar-refractivity contribution in [3.8, 4) is 5.75 Å². The summed E-state index contributed by atoms with van der Waals surface area (Å²) in [5.74, 6) is 0.203. The molecule has 2 atom stereocenters. The van der Waals surface area contributed by atoms with Crippen molar-refractivity contribution in [2.75, 3.05) is 11.9 Å². The minimum atomic E-state index is -0.299. The van der Waals surface area contributed by atoms with Crippen LogP contribution in [0.15, 0.2) is 18.2 Å². The molecule has 0 aliphatic carbocycles. The molecule has 17 heavy (non-hydrogen) atoms. The summed E-state index contributed by atoms with van der Waals surface area (Å²) in [6.07, 6.45) is 0.764. The first-order valence-corrected chi connectivity index (χ1v) is 5.87. The Labute approximate surface area is 101 Å².